The molecule has 1 aromatic heterocycles. The fraction of sp³-hybridized carbons (Fsp3) is 0.308. The zero-order chi connectivity index (χ0) is 12.4. The Labute approximate surface area is 110 Å². The summed E-state index contributed by atoms with van der Waals surface area (Å²) in [6.07, 6.45) is 1.99. The molecule has 0 bridgehead atoms. The summed E-state index contributed by atoms with van der Waals surface area (Å²) in [6.45, 7) is 4.04. The highest BCUT2D eigenvalue weighted by molar-refractivity contribution is 9.10. The molecule has 2 rings (SSSR count). The second-order valence-corrected chi connectivity index (χ2v) is 4.94. The van der Waals surface area contributed by atoms with Crippen molar-refractivity contribution < 1.29 is 4.74 Å². The van der Waals surface area contributed by atoms with Crippen LogP contribution in [-0.4, -0.2) is 15.7 Å². The standard InChI is InChI=1S/C13H15BrN2O/c1-9(2)17-11-6-4-10(5-7-11)12-13(14)15-8-16(12)3/h4-9H,1-3H3. The normalized spacial score (nSPS) is 10.9. The summed E-state index contributed by atoms with van der Waals surface area (Å²) in [4.78, 5) is 4.21. The number of rotatable bonds is 3. The minimum atomic E-state index is 0.198. The third-order valence-corrected chi connectivity index (χ3v) is 2.97. The van der Waals surface area contributed by atoms with E-state index in [4.69, 9.17) is 4.74 Å². The van der Waals surface area contributed by atoms with E-state index in [9.17, 15) is 0 Å². The molecule has 0 saturated carbocycles. The fourth-order valence-corrected chi connectivity index (χ4v) is 2.29. The van der Waals surface area contributed by atoms with Crippen LogP contribution < -0.4 is 4.74 Å². The highest BCUT2D eigenvalue weighted by atomic mass is 79.9. The van der Waals surface area contributed by atoms with Crippen molar-refractivity contribution in [2.75, 3.05) is 0 Å². The van der Waals surface area contributed by atoms with Crippen LogP contribution in [0.1, 0.15) is 13.8 Å². The van der Waals surface area contributed by atoms with Crippen LogP contribution in [0.4, 0.5) is 0 Å². The monoisotopic (exact) mass is 294 g/mol. The Hall–Kier alpha value is -1.29. The summed E-state index contributed by atoms with van der Waals surface area (Å²) in [5, 5.41) is 0. The summed E-state index contributed by atoms with van der Waals surface area (Å²) in [5.41, 5.74) is 2.19. The number of aromatic nitrogens is 2. The van der Waals surface area contributed by atoms with Gasteiger partial charge in [-0.1, -0.05) is 0 Å². The predicted octanol–water partition coefficient (Wildman–Crippen LogP) is 3.64. The highest BCUT2D eigenvalue weighted by Crippen LogP contribution is 2.28. The Bertz CT molecular complexity index is 483. The molecule has 0 aliphatic heterocycles. The molecule has 0 spiro atoms. The van der Waals surface area contributed by atoms with Gasteiger partial charge in [-0.2, -0.15) is 0 Å². The number of nitrogens with zero attached hydrogens (tertiary/aromatic N) is 2. The summed E-state index contributed by atoms with van der Waals surface area (Å²) < 4.78 is 8.46. The molecule has 4 heteroatoms. The van der Waals surface area contributed by atoms with Gasteiger partial charge in [0.1, 0.15) is 10.4 Å². The van der Waals surface area contributed by atoms with Crippen LogP contribution in [0.2, 0.25) is 0 Å². The average Bonchev–Trinajstić information content (AvgIpc) is 2.59. The quantitative estimate of drug-likeness (QED) is 0.864. The van der Waals surface area contributed by atoms with Gasteiger partial charge in [0.15, 0.2) is 0 Å². The molecular weight excluding hydrogens is 280 g/mol. The summed E-state index contributed by atoms with van der Waals surface area (Å²) >= 11 is 3.45. The van der Waals surface area contributed by atoms with Crippen LogP contribution in [0.25, 0.3) is 11.3 Å². The van der Waals surface area contributed by atoms with E-state index in [1.54, 1.807) is 6.33 Å². The molecule has 0 unspecified atom stereocenters. The van der Waals surface area contributed by atoms with E-state index in [2.05, 4.69) is 20.9 Å². The Morgan fingerprint density at radius 2 is 1.88 bits per heavy atom. The number of halogens is 1. The van der Waals surface area contributed by atoms with Crippen LogP contribution in [0.3, 0.4) is 0 Å². The van der Waals surface area contributed by atoms with Gasteiger partial charge in [-0.3, -0.25) is 0 Å². The van der Waals surface area contributed by atoms with Crippen molar-refractivity contribution in [3.63, 3.8) is 0 Å². The zero-order valence-corrected chi connectivity index (χ0v) is 11.7. The van der Waals surface area contributed by atoms with Gasteiger partial charge in [0.25, 0.3) is 0 Å². The maximum Gasteiger partial charge on any atom is 0.132 e. The lowest BCUT2D eigenvalue weighted by atomic mass is 10.1. The van der Waals surface area contributed by atoms with E-state index in [0.29, 0.717) is 0 Å². The number of benzene rings is 1. The van der Waals surface area contributed by atoms with Crippen molar-refractivity contribution in [3.8, 4) is 17.0 Å². The molecule has 0 atom stereocenters. The number of ether oxygens (including phenoxy) is 1. The largest absolute Gasteiger partial charge is 0.491 e. The molecular formula is C13H15BrN2O. The van der Waals surface area contributed by atoms with Gasteiger partial charge in [-0.25, -0.2) is 4.98 Å². The first-order valence-corrected chi connectivity index (χ1v) is 6.31. The minimum absolute atomic E-state index is 0.198. The number of hydrogen-bond acceptors (Lipinski definition) is 2. The van der Waals surface area contributed by atoms with Crippen molar-refractivity contribution in [2.45, 2.75) is 20.0 Å². The van der Waals surface area contributed by atoms with Gasteiger partial charge < -0.3 is 9.30 Å². The third kappa shape index (κ3) is 2.69. The molecule has 0 N–H and O–H groups in total. The van der Waals surface area contributed by atoms with Crippen molar-refractivity contribution >= 4 is 15.9 Å². The molecule has 0 radical (unpaired) electrons. The lowest BCUT2D eigenvalue weighted by Gasteiger charge is -2.10. The predicted molar refractivity (Wildman–Crippen MR) is 72.1 cm³/mol. The molecule has 2 aromatic rings. The Balaban J connectivity index is 2.30. The Morgan fingerprint density at radius 3 is 2.35 bits per heavy atom. The molecule has 90 valence electrons. The van der Waals surface area contributed by atoms with Crippen molar-refractivity contribution in [1.29, 1.82) is 0 Å². The topological polar surface area (TPSA) is 27.1 Å². The molecule has 0 amide bonds. The molecule has 0 aliphatic rings. The average molecular weight is 295 g/mol. The molecule has 3 nitrogen and oxygen atoms in total. The van der Waals surface area contributed by atoms with Crippen LogP contribution in [-0.2, 0) is 7.05 Å². The molecule has 0 fully saturated rings. The number of imidazole rings is 1. The zero-order valence-electron chi connectivity index (χ0n) is 10.1. The van der Waals surface area contributed by atoms with E-state index < -0.39 is 0 Å². The molecule has 1 aromatic carbocycles. The van der Waals surface area contributed by atoms with Gasteiger partial charge in [-0.05, 0) is 54.0 Å². The lowest BCUT2D eigenvalue weighted by molar-refractivity contribution is 0.242. The van der Waals surface area contributed by atoms with Crippen molar-refractivity contribution in [2.24, 2.45) is 7.05 Å². The first-order valence-electron chi connectivity index (χ1n) is 5.52. The van der Waals surface area contributed by atoms with E-state index in [1.807, 2.05) is 49.7 Å². The lowest BCUT2D eigenvalue weighted by Crippen LogP contribution is -2.05. The summed E-state index contributed by atoms with van der Waals surface area (Å²) in [5.74, 6) is 0.891. The van der Waals surface area contributed by atoms with Gasteiger partial charge in [0.2, 0.25) is 0 Å². The van der Waals surface area contributed by atoms with Crippen LogP contribution >= 0.6 is 15.9 Å². The number of aryl methyl sites for hydroxylation is 1. The second kappa shape index (κ2) is 4.92. The first-order chi connectivity index (χ1) is 8.08. The maximum absolute atomic E-state index is 5.61. The van der Waals surface area contributed by atoms with Crippen molar-refractivity contribution in [3.05, 3.63) is 35.2 Å². The van der Waals surface area contributed by atoms with E-state index in [-0.39, 0.29) is 6.10 Å². The van der Waals surface area contributed by atoms with Crippen molar-refractivity contribution in [1.82, 2.24) is 9.55 Å². The number of hydrogen-bond donors (Lipinski definition) is 0. The Kier molecular flexibility index (Phi) is 3.52. The molecule has 1 heterocycles. The van der Waals surface area contributed by atoms with E-state index >= 15 is 0 Å². The second-order valence-electron chi connectivity index (χ2n) is 4.19. The van der Waals surface area contributed by atoms with Gasteiger partial charge in [0, 0.05) is 12.6 Å². The SMILES string of the molecule is CC(C)Oc1ccc(-c2c(Br)ncn2C)cc1. The molecule has 0 aliphatic carbocycles. The smallest absolute Gasteiger partial charge is 0.132 e. The Morgan fingerprint density at radius 1 is 1.24 bits per heavy atom. The van der Waals surface area contributed by atoms with E-state index in [0.717, 1.165) is 21.6 Å². The van der Waals surface area contributed by atoms with Crippen LogP contribution in [0, 0.1) is 0 Å². The fourth-order valence-electron chi connectivity index (χ4n) is 1.69. The van der Waals surface area contributed by atoms with Gasteiger partial charge in [0.05, 0.1) is 18.1 Å². The van der Waals surface area contributed by atoms with Crippen LogP contribution in [0.5, 0.6) is 5.75 Å². The minimum Gasteiger partial charge on any atom is -0.491 e. The van der Waals surface area contributed by atoms with Crippen LogP contribution in [0.15, 0.2) is 35.2 Å². The summed E-state index contributed by atoms with van der Waals surface area (Å²) in [6, 6.07) is 8.04. The third-order valence-electron chi connectivity index (χ3n) is 2.39. The molecule has 0 saturated heterocycles. The summed E-state index contributed by atoms with van der Waals surface area (Å²) in [7, 11) is 1.98. The molecule has 17 heavy (non-hydrogen) atoms. The van der Waals surface area contributed by atoms with Gasteiger partial charge >= 0.3 is 0 Å². The first kappa shape index (κ1) is 12.2. The maximum atomic E-state index is 5.61. The van der Waals surface area contributed by atoms with E-state index in [1.165, 1.54) is 0 Å². The van der Waals surface area contributed by atoms with Gasteiger partial charge in [-0.15, -0.1) is 0 Å². The highest BCUT2D eigenvalue weighted by Gasteiger charge is 2.08.